The lowest BCUT2D eigenvalue weighted by molar-refractivity contribution is -0.111. The molecule has 0 aromatic heterocycles. The molecule has 0 fully saturated rings. The van der Waals surface area contributed by atoms with E-state index in [-0.39, 0.29) is 5.91 Å². The number of amides is 1. The van der Waals surface area contributed by atoms with E-state index in [0.717, 1.165) is 16.8 Å². The molecule has 2 heteroatoms. The summed E-state index contributed by atoms with van der Waals surface area (Å²) in [7, 11) is 0. The van der Waals surface area contributed by atoms with Crippen LogP contribution in [0.15, 0.2) is 72.5 Å². The second-order valence-electron chi connectivity index (χ2n) is 4.13. The molecule has 0 bridgehead atoms. The van der Waals surface area contributed by atoms with Crippen molar-refractivity contribution in [3.05, 3.63) is 78.0 Å². The molecule has 2 nitrogen and oxygen atoms in total. The van der Waals surface area contributed by atoms with Crippen LogP contribution in [-0.4, -0.2) is 5.91 Å². The molecule has 0 saturated carbocycles. The summed E-state index contributed by atoms with van der Waals surface area (Å²) in [5.41, 5.74) is 5.77. The van der Waals surface area contributed by atoms with Crippen molar-refractivity contribution in [2.24, 2.45) is 0 Å². The Hall–Kier alpha value is -2.57. The number of rotatable bonds is 3. The van der Waals surface area contributed by atoms with Crippen LogP contribution in [0.4, 0.5) is 5.69 Å². The zero-order valence-electron chi connectivity index (χ0n) is 10.8. The number of anilines is 1. The molecular weight excluding hydrogens is 234 g/mol. The number of carbonyl (C=O) groups is 1. The van der Waals surface area contributed by atoms with Gasteiger partial charge in [-0.2, -0.15) is 0 Å². The molecule has 0 unspecified atom stereocenters. The Morgan fingerprint density at radius 3 is 2.21 bits per heavy atom. The summed E-state index contributed by atoms with van der Waals surface area (Å²) in [4.78, 5) is 11.7. The van der Waals surface area contributed by atoms with Crippen molar-refractivity contribution < 1.29 is 4.79 Å². The summed E-state index contributed by atoms with van der Waals surface area (Å²) >= 11 is 0. The Bertz CT molecular complexity index is 608. The minimum Gasteiger partial charge on any atom is -0.322 e. The maximum absolute atomic E-state index is 11.7. The minimum absolute atomic E-state index is 0.179. The van der Waals surface area contributed by atoms with Crippen molar-refractivity contribution >= 4 is 17.2 Å². The van der Waals surface area contributed by atoms with Crippen LogP contribution in [0.3, 0.4) is 0 Å². The summed E-state index contributed by atoms with van der Waals surface area (Å²) in [6.45, 7) is 1.93. The van der Waals surface area contributed by atoms with Gasteiger partial charge in [-0.1, -0.05) is 48.5 Å². The molecule has 0 spiro atoms. The van der Waals surface area contributed by atoms with Gasteiger partial charge in [0.25, 0.3) is 5.91 Å². The Balaban J connectivity index is 2.08. The van der Waals surface area contributed by atoms with Gasteiger partial charge in [0.05, 0.1) is 0 Å². The maximum atomic E-state index is 11.7. The molecule has 2 aromatic carbocycles. The van der Waals surface area contributed by atoms with Crippen LogP contribution in [-0.2, 0) is 4.79 Å². The van der Waals surface area contributed by atoms with Gasteiger partial charge in [-0.05, 0) is 30.2 Å². The first-order valence-corrected chi connectivity index (χ1v) is 6.10. The van der Waals surface area contributed by atoms with Gasteiger partial charge in [0.1, 0.15) is 0 Å². The molecule has 2 rings (SSSR count). The summed E-state index contributed by atoms with van der Waals surface area (Å²) in [5.74, 6) is -0.179. The van der Waals surface area contributed by atoms with Crippen molar-refractivity contribution in [1.29, 1.82) is 0 Å². The largest absolute Gasteiger partial charge is 0.322 e. The third-order valence-electron chi connectivity index (χ3n) is 2.67. The maximum Gasteiger partial charge on any atom is 0.256 e. The topological polar surface area (TPSA) is 29.1 Å². The quantitative estimate of drug-likeness (QED) is 0.649. The molecule has 94 valence electrons. The average molecular weight is 249 g/mol. The average Bonchev–Trinajstić information content (AvgIpc) is 2.47. The molecule has 2 aromatic rings. The fourth-order valence-corrected chi connectivity index (χ4v) is 1.65. The van der Waals surface area contributed by atoms with Gasteiger partial charge in [0.2, 0.25) is 0 Å². The predicted octanol–water partition coefficient (Wildman–Crippen LogP) is 3.88. The van der Waals surface area contributed by atoms with Crippen molar-refractivity contribution in [2.45, 2.75) is 6.92 Å². The summed E-state index contributed by atoms with van der Waals surface area (Å²) in [5, 5.41) is 2.78. The molecule has 0 atom stereocenters. The number of hydrogen-bond acceptors (Lipinski definition) is 1. The van der Waals surface area contributed by atoms with E-state index >= 15 is 0 Å². The van der Waals surface area contributed by atoms with Gasteiger partial charge in [-0.15, -0.1) is 5.73 Å². The van der Waals surface area contributed by atoms with Crippen LogP contribution in [0, 0.1) is 0 Å². The van der Waals surface area contributed by atoms with E-state index in [1.807, 2.05) is 67.6 Å². The van der Waals surface area contributed by atoms with Crippen molar-refractivity contribution in [3.63, 3.8) is 0 Å². The molecule has 0 saturated heterocycles. The third-order valence-corrected chi connectivity index (χ3v) is 2.67. The van der Waals surface area contributed by atoms with Crippen LogP contribution >= 0.6 is 0 Å². The highest BCUT2D eigenvalue weighted by Gasteiger charge is 1.96. The SMILES string of the molecule is CC(=C=CC(=O)Nc1ccccc1)c1ccccc1. The number of para-hydroxylation sites is 1. The summed E-state index contributed by atoms with van der Waals surface area (Å²) < 4.78 is 0. The minimum atomic E-state index is -0.179. The van der Waals surface area contributed by atoms with Gasteiger partial charge in [-0.3, -0.25) is 4.79 Å². The lowest BCUT2D eigenvalue weighted by atomic mass is 10.1. The van der Waals surface area contributed by atoms with E-state index in [4.69, 9.17) is 0 Å². The van der Waals surface area contributed by atoms with Crippen LogP contribution in [0.25, 0.3) is 5.57 Å². The molecule has 1 N–H and O–H groups in total. The van der Waals surface area contributed by atoms with E-state index < -0.39 is 0 Å². The van der Waals surface area contributed by atoms with Gasteiger partial charge in [0.15, 0.2) is 0 Å². The van der Waals surface area contributed by atoms with Gasteiger partial charge >= 0.3 is 0 Å². The molecule has 19 heavy (non-hydrogen) atoms. The van der Waals surface area contributed by atoms with E-state index in [1.54, 1.807) is 0 Å². The number of nitrogens with one attached hydrogen (secondary N) is 1. The highest BCUT2D eigenvalue weighted by Crippen LogP contribution is 2.11. The normalized spacial score (nSPS) is 9.32. The van der Waals surface area contributed by atoms with Crippen LogP contribution < -0.4 is 5.32 Å². The van der Waals surface area contributed by atoms with Crippen LogP contribution in [0.2, 0.25) is 0 Å². The fourth-order valence-electron chi connectivity index (χ4n) is 1.65. The number of hydrogen-bond donors (Lipinski definition) is 1. The fraction of sp³-hybridized carbons (Fsp3) is 0.0588. The van der Waals surface area contributed by atoms with Crippen LogP contribution in [0.1, 0.15) is 12.5 Å². The zero-order valence-corrected chi connectivity index (χ0v) is 10.8. The standard InChI is InChI=1S/C17H15NO/c1-14(15-8-4-2-5-9-15)12-13-17(19)18-16-10-6-3-7-11-16/h2-11,13H,1H3,(H,18,19). The van der Waals surface area contributed by atoms with Crippen molar-refractivity contribution in [2.75, 3.05) is 5.32 Å². The van der Waals surface area contributed by atoms with Gasteiger partial charge in [-0.25, -0.2) is 0 Å². The molecule has 1 amide bonds. The molecular formula is C17H15NO. The summed E-state index contributed by atoms with van der Waals surface area (Å²) in [6.07, 6.45) is 1.43. The second-order valence-corrected chi connectivity index (χ2v) is 4.13. The first kappa shape index (κ1) is 12.9. The number of carbonyl (C=O) groups excluding carboxylic acids is 1. The Morgan fingerprint density at radius 1 is 1.00 bits per heavy atom. The first-order valence-electron chi connectivity index (χ1n) is 6.10. The number of benzene rings is 2. The molecule has 0 heterocycles. The Labute approximate surface area is 113 Å². The highest BCUT2D eigenvalue weighted by atomic mass is 16.1. The smallest absolute Gasteiger partial charge is 0.256 e. The Kier molecular flexibility index (Phi) is 4.33. The lowest BCUT2D eigenvalue weighted by Gasteiger charge is -2.00. The van der Waals surface area contributed by atoms with Crippen molar-refractivity contribution in [3.8, 4) is 0 Å². The first-order chi connectivity index (χ1) is 9.25. The second kappa shape index (κ2) is 6.39. The monoisotopic (exact) mass is 249 g/mol. The zero-order chi connectivity index (χ0) is 13.5. The molecule has 0 radical (unpaired) electrons. The molecule has 0 aliphatic rings. The molecule has 0 aliphatic heterocycles. The molecule has 0 aliphatic carbocycles. The van der Waals surface area contributed by atoms with E-state index in [2.05, 4.69) is 11.0 Å². The van der Waals surface area contributed by atoms with E-state index in [1.165, 1.54) is 6.08 Å². The third kappa shape index (κ3) is 3.98. The highest BCUT2D eigenvalue weighted by molar-refractivity contribution is 5.99. The Morgan fingerprint density at radius 2 is 1.58 bits per heavy atom. The lowest BCUT2D eigenvalue weighted by Crippen LogP contribution is -2.06. The van der Waals surface area contributed by atoms with Gasteiger partial charge < -0.3 is 5.32 Å². The summed E-state index contributed by atoms with van der Waals surface area (Å²) in [6, 6.07) is 19.2. The predicted molar refractivity (Wildman–Crippen MR) is 78.7 cm³/mol. The van der Waals surface area contributed by atoms with Crippen molar-refractivity contribution in [1.82, 2.24) is 0 Å². The van der Waals surface area contributed by atoms with E-state index in [0.29, 0.717) is 0 Å². The van der Waals surface area contributed by atoms with Crippen LogP contribution in [0.5, 0.6) is 0 Å². The van der Waals surface area contributed by atoms with Gasteiger partial charge in [0, 0.05) is 11.8 Å². The van der Waals surface area contributed by atoms with E-state index in [9.17, 15) is 4.79 Å².